The van der Waals surface area contributed by atoms with Gasteiger partial charge in [0.25, 0.3) is 0 Å². The Morgan fingerprint density at radius 2 is 2.00 bits per heavy atom. The minimum absolute atomic E-state index is 0.174. The average molecular weight is 478 g/mol. The zero-order valence-corrected chi connectivity index (χ0v) is 18.6. The molecule has 0 unspecified atom stereocenters. The van der Waals surface area contributed by atoms with Crippen molar-refractivity contribution in [1.82, 2.24) is 19.9 Å². The molecule has 1 amide bonds. The number of aromatic nitrogens is 3. The SMILES string of the molecule is O=C(O)N1CC(Oc2ccc3ncnc(Nc4ccc(OCc5ccccn5)c(Cl)c4)c3c2)C1. The van der Waals surface area contributed by atoms with Crippen molar-refractivity contribution in [3.05, 3.63) is 77.8 Å². The van der Waals surface area contributed by atoms with E-state index in [1.807, 2.05) is 42.5 Å². The number of amides is 1. The summed E-state index contributed by atoms with van der Waals surface area (Å²) in [6.45, 7) is 1.01. The van der Waals surface area contributed by atoms with E-state index >= 15 is 0 Å². The lowest BCUT2D eigenvalue weighted by molar-refractivity contribution is 0.0253. The Labute approximate surface area is 200 Å². The van der Waals surface area contributed by atoms with Crippen LogP contribution in [0.15, 0.2) is 67.1 Å². The van der Waals surface area contributed by atoms with E-state index in [4.69, 9.17) is 26.2 Å². The van der Waals surface area contributed by atoms with Crippen molar-refractivity contribution in [2.75, 3.05) is 18.4 Å². The molecule has 2 N–H and O–H groups in total. The third kappa shape index (κ3) is 4.79. The zero-order chi connectivity index (χ0) is 23.5. The van der Waals surface area contributed by atoms with Gasteiger partial charge in [0.2, 0.25) is 0 Å². The zero-order valence-electron chi connectivity index (χ0n) is 17.9. The van der Waals surface area contributed by atoms with E-state index in [-0.39, 0.29) is 6.10 Å². The first-order valence-electron chi connectivity index (χ1n) is 10.5. The molecule has 1 aliphatic rings. The second-order valence-electron chi connectivity index (χ2n) is 7.71. The fourth-order valence-electron chi connectivity index (χ4n) is 3.54. The Bertz CT molecular complexity index is 1330. The molecule has 1 aliphatic heterocycles. The highest BCUT2D eigenvalue weighted by Gasteiger charge is 2.32. The van der Waals surface area contributed by atoms with Crippen LogP contribution in [-0.2, 0) is 6.61 Å². The Morgan fingerprint density at radius 3 is 2.76 bits per heavy atom. The molecule has 0 spiro atoms. The third-order valence-corrected chi connectivity index (χ3v) is 5.62. The lowest BCUT2D eigenvalue weighted by Gasteiger charge is -2.36. The number of hydrogen-bond acceptors (Lipinski definition) is 7. The van der Waals surface area contributed by atoms with E-state index < -0.39 is 6.09 Å². The lowest BCUT2D eigenvalue weighted by atomic mass is 10.1. The molecular weight excluding hydrogens is 458 g/mol. The molecule has 0 atom stereocenters. The van der Waals surface area contributed by atoms with Gasteiger partial charge in [-0.05, 0) is 48.5 Å². The highest BCUT2D eigenvalue weighted by molar-refractivity contribution is 6.32. The summed E-state index contributed by atoms with van der Waals surface area (Å²) in [6, 6.07) is 16.5. The van der Waals surface area contributed by atoms with Gasteiger partial charge in [-0.2, -0.15) is 0 Å². The number of hydrogen-bond donors (Lipinski definition) is 2. The number of carboxylic acid groups (broad SMARTS) is 1. The molecule has 4 aromatic rings. The average Bonchev–Trinajstić information content (AvgIpc) is 2.81. The molecule has 2 aromatic heterocycles. The highest BCUT2D eigenvalue weighted by atomic mass is 35.5. The Hall–Kier alpha value is -4.11. The van der Waals surface area contributed by atoms with Crippen LogP contribution in [0.3, 0.4) is 0 Å². The molecule has 0 saturated carbocycles. The number of ether oxygens (including phenoxy) is 2. The highest BCUT2D eigenvalue weighted by Crippen LogP contribution is 2.32. The number of nitrogens with one attached hydrogen (secondary N) is 1. The van der Waals surface area contributed by atoms with Crippen LogP contribution in [0.5, 0.6) is 11.5 Å². The molecule has 2 aromatic carbocycles. The second kappa shape index (κ2) is 9.40. The predicted octanol–water partition coefficient (Wildman–Crippen LogP) is 4.74. The van der Waals surface area contributed by atoms with Crippen molar-refractivity contribution < 1.29 is 19.4 Å². The summed E-state index contributed by atoms with van der Waals surface area (Å²) in [5.41, 5.74) is 2.29. The maximum atomic E-state index is 10.9. The van der Waals surface area contributed by atoms with Crippen LogP contribution in [-0.4, -0.2) is 50.2 Å². The van der Waals surface area contributed by atoms with E-state index in [0.717, 1.165) is 22.3 Å². The fourth-order valence-corrected chi connectivity index (χ4v) is 3.77. The van der Waals surface area contributed by atoms with Crippen LogP contribution in [0, 0.1) is 0 Å². The summed E-state index contributed by atoms with van der Waals surface area (Å²) in [4.78, 5) is 25.2. The number of likely N-dealkylation sites (tertiary alicyclic amines) is 1. The summed E-state index contributed by atoms with van der Waals surface area (Å²) in [5, 5.41) is 13.5. The topological polar surface area (TPSA) is 110 Å². The van der Waals surface area contributed by atoms with Crippen molar-refractivity contribution in [3.8, 4) is 11.5 Å². The minimum Gasteiger partial charge on any atom is -0.487 e. The largest absolute Gasteiger partial charge is 0.487 e. The molecule has 3 heterocycles. The Balaban J connectivity index is 1.30. The summed E-state index contributed by atoms with van der Waals surface area (Å²) in [6.07, 6.45) is 2.08. The summed E-state index contributed by atoms with van der Waals surface area (Å²) >= 11 is 6.44. The molecule has 34 heavy (non-hydrogen) atoms. The van der Waals surface area contributed by atoms with Gasteiger partial charge in [-0.1, -0.05) is 17.7 Å². The summed E-state index contributed by atoms with van der Waals surface area (Å²) in [5.74, 6) is 1.77. The molecule has 0 radical (unpaired) electrons. The number of rotatable bonds is 7. The lowest BCUT2D eigenvalue weighted by Crippen LogP contribution is -2.55. The van der Waals surface area contributed by atoms with Crippen LogP contribution in [0.2, 0.25) is 5.02 Å². The number of carbonyl (C=O) groups is 1. The molecule has 0 aliphatic carbocycles. The first-order valence-corrected chi connectivity index (χ1v) is 10.9. The van der Waals surface area contributed by atoms with Gasteiger partial charge < -0.3 is 24.8 Å². The van der Waals surface area contributed by atoms with Crippen molar-refractivity contribution >= 4 is 40.1 Å². The fraction of sp³-hybridized carbons (Fsp3) is 0.167. The maximum Gasteiger partial charge on any atom is 0.407 e. The van der Waals surface area contributed by atoms with E-state index in [1.54, 1.807) is 18.3 Å². The van der Waals surface area contributed by atoms with Crippen molar-refractivity contribution in [3.63, 3.8) is 0 Å². The van der Waals surface area contributed by atoms with Crippen molar-refractivity contribution in [1.29, 1.82) is 0 Å². The van der Waals surface area contributed by atoms with E-state index in [1.165, 1.54) is 11.2 Å². The number of anilines is 2. The number of nitrogens with zero attached hydrogens (tertiary/aromatic N) is 4. The molecule has 1 saturated heterocycles. The number of halogens is 1. The van der Waals surface area contributed by atoms with E-state index in [0.29, 0.717) is 42.0 Å². The maximum absolute atomic E-state index is 10.9. The van der Waals surface area contributed by atoms with Gasteiger partial charge in [-0.25, -0.2) is 14.8 Å². The Morgan fingerprint density at radius 1 is 1.12 bits per heavy atom. The van der Waals surface area contributed by atoms with Crippen LogP contribution in [0.4, 0.5) is 16.3 Å². The Kier molecular flexibility index (Phi) is 6.01. The first kappa shape index (κ1) is 21.7. The molecule has 9 nitrogen and oxygen atoms in total. The van der Waals surface area contributed by atoms with Gasteiger partial charge in [0.05, 0.1) is 29.3 Å². The second-order valence-corrected chi connectivity index (χ2v) is 8.12. The molecule has 1 fully saturated rings. The van der Waals surface area contributed by atoms with Crippen LogP contribution in [0.25, 0.3) is 10.9 Å². The molecule has 0 bridgehead atoms. The molecule has 10 heteroatoms. The predicted molar refractivity (Wildman–Crippen MR) is 127 cm³/mol. The van der Waals surface area contributed by atoms with Crippen molar-refractivity contribution in [2.24, 2.45) is 0 Å². The summed E-state index contributed by atoms with van der Waals surface area (Å²) in [7, 11) is 0. The van der Waals surface area contributed by atoms with Crippen molar-refractivity contribution in [2.45, 2.75) is 12.7 Å². The standard InChI is InChI=1S/C24H20ClN5O4/c25-20-9-15(4-7-22(20)33-13-16-3-1-2-8-26-16)29-23-19-10-17(5-6-21(19)27-14-28-23)34-18-11-30(12-18)24(31)32/h1-10,14,18H,11-13H2,(H,31,32)(H,27,28,29). The van der Waals surface area contributed by atoms with Gasteiger partial charge in [0, 0.05) is 17.3 Å². The first-order chi connectivity index (χ1) is 16.5. The number of fused-ring (bicyclic) bond motifs is 1. The molecule has 172 valence electrons. The van der Waals surface area contributed by atoms with Crippen LogP contribution >= 0.6 is 11.6 Å². The normalized spacial score (nSPS) is 13.4. The quantitative estimate of drug-likeness (QED) is 0.392. The van der Waals surface area contributed by atoms with Gasteiger partial charge in [0.1, 0.15) is 36.4 Å². The van der Waals surface area contributed by atoms with Gasteiger partial charge in [-0.3, -0.25) is 4.98 Å². The minimum atomic E-state index is -0.940. The number of benzene rings is 2. The smallest absolute Gasteiger partial charge is 0.407 e. The monoisotopic (exact) mass is 477 g/mol. The summed E-state index contributed by atoms with van der Waals surface area (Å²) < 4.78 is 11.7. The van der Waals surface area contributed by atoms with E-state index in [2.05, 4.69) is 20.3 Å². The van der Waals surface area contributed by atoms with Gasteiger partial charge in [-0.15, -0.1) is 0 Å². The molecular formula is C24H20ClN5O4. The van der Waals surface area contributed by atoms with Gasteiger partial charge in [0.15, 0.2) is 0 Å². The number of pyridine rings is 1. The van der Waals surface area contributed by atoms with Crippen LogP contribution < -0.4 is 14.8 Å². The third-order valence-electron chi connectivity index (χ3n) is 5.32. The van der Waals surface area contributed by atoms with Crippen LogP contribution in [0.1, 0.15) is 5.69 Å². The van der Waals surface area contributed by atoms with Gasteiger partial charge >= 0.3 is 6.09 Å². The van der Waals surface area contributed by atoms with E-state index in [9.17, 15) is 4.79 Å². The molecule has 5 rings (SSSR count).